The lowest BCUT2D eigenvalue weighted by atomic mass is 9.96. The normalized spacial score (nSPS) is 16.3. The van der Waals surface area contributed by atoms with Crippen molar-refractivity contribution in [1.29, 1.82) is 0 Å². The zero-order chi connectivity index (χ0) is 16.7. The highest BCUT2D eigenvalue weighted by atomic mass is 35.5. The van der Waals surface area contributed by atoms with Crippen molar-refractivity contribution in [1.82, 2.24) is 5.23 Å². The van der Waals surface area contributed by atoms with Gasteiger partial charge in [0.15, 0.2) is 6.10 Å². The van der Waals surface area contributed by atoms with E-state index in [1.807, 2.05) is 42.5 Å². The first kappa shape index (κ1) is 15.0. The van der Waals surface area contributed by atoms with Gasteiger partial charge in [-0.3, -0.25) is 5.21 Å². The highest BCUT2D eigenvalue weighted by molar-refractivity contribution is 6.30. The van der Waals surface area contributed by atoms with Gasteiger partial charge in [0.05, 0.1) is 5.70 Å². The van der Waals surface area contributed by atoms with Crippen molar-refractivity contribution in [2.45, 2.75) is 6.10 Å². The molecule has 0 aromatic heterocycles. The Kier molecular flexibility index (Phi) is 3.65. The van der Waals surface area contributed by atoms with Gasteiger partial charge in [0, 0.05) is 16.1 Å². The van der Waals surface area contributed by atoms with Gasteiger partial charge in [0.25, 0.3) is 0 Å². The number of nitrogens with zero attached hydrogens (tertiary/aromatic N) is 1. The third-order valence-corrected chi connectivity index (χ3v) is 4.35. The fraction of sp³-hybridized carbons (Fsp3) is 0.0526. The molecule has 0 amide bonds. The van der Waals surface area contributed by atoms with Crippen LogP contribution in [0.25, 0.3) is 16.8 Å². The monoisotopic (exact) mass is 338 g/mol. The van der Waals surface area contributed by atoms with Crippen LogP contribution in [-0.4, -0.2) is 10.4 Å². The Morgan fingerprint density at radius 3 is 2.67 bits per heavy atom. The predicted octanol–water partition coefficient (Wildman–Crippen LogP) is 5.16. The van der Waals surface area contributed by atoms with Gasteiger partial charge >= 0.3 is 0 Å². The van der Waals surface area contributed by atoms with E-state index in [0.717, 1.165) is 16.3 Å². The van der Waals surface area contributed by atoms with E-state index in [1.165, 1.54) is 0 Å². The molecule has 0 fully saturated rings. The molecule has 5 heteroatoms. The molecule has 3 aromatic carbocycles. The van der Waals surface area contributed by atoms with Gasteiger partial charge in [-0.2, -0.15) is 0 Å². The van der Waals surface area contributed by atoms with E-state index in [0.29, 0.717) is 16.3 Å². The second-order valence-electron chi connectivity index (χ2n) is 5.59. The summed E-state index contributed by atoms with van der Waals surface area (Å²) in [4.78, 5) is 0. The van der Waals surface area contributed by atoms with E-state index in [4.69, 9.17) is 16.3 Å². The quantitative estimate of drug-likeness (QED) is 0.656. The largest absolute Gasteiger partial charge is 0.734 e. The lowest BCUT2D eigenvalue weighted by Crippen LogP contribution is -2.24. The first-order chi connectivity index (χ1) is 11.6. The zero-order valence-electron chi connectivity index (χ0n) is 12.5. The number of rotatable bonds is 2. The van der Waals surface area contributed by atoms with Crippen molar-refractivity contribution >= 4 is 28.4 Å². The minimum absolute atomic E-state index is 0.112. The molecule has 1 aliphatic heterocycles. The first-order valence-electron chi connectivity index (χ1n) is 7.45. The van der Waals surface area contributed by atoms with Crippen molar-refractivity contribution < 1.29 is 9.94 Å². The topological polar surface area (TPSA) is 55.8 Å². The number of hydroxylamine groups is 2. The van der Waals surface area contributed by atoms with Crippen LogP contribution in [0.5, 0.6) is 5.75 Å². The Morgan fingerprint density at radius 2 is 1.83 bits per heavy atom. The lowest BCUT2D eigenvalue weighted by molar-refractivity contribution is -0.0242. The Hall–Kier alpha value is -2.53. The van der Waals surface area contributed by atoms with Crippen LogP contribution in [0, 0.1) is 5.21 Å². The van der Waals surface area contributed by atoms with Gasteiger partial charge < -0.3 is 15.2 Å². The molecule has 3 aromatic rings. The molecule has 0 spiro atoms. The SMILES string of the molecule is [O-]N(O)C1=Cc2cc(Cl)ccc2OC1c1cccc2ccccc12. The molecule has 0 bridgehead atoms. The molecule has 1 atom stereocenters. The maximum absolute atomic E-state index is 11.7. The maximum atomic E-state index is 11.7. The van der Waals surface area contributed by atoms with Crippen LogP contribution in [0.15, 0.2) is 66.4 Å². The van der Waals surface area contributed by atoms with E-state index < -0.39 is 6.10 Å². The van der Waals surface area contributed by atoms with E-state index in [1.54, 1.807) is 24.3 Å². The van der Waals surface area contributed by atoms with Crippen LogP contribution < -0.4 is 4.74 Å². The van der Waals surface area contributed by atoms with Gasteiger partial charge in [0.2, 0.25) is 0 Å². The Labute approximate surface area is 143 Å². The number of fused-ring (bicyclic) bond motifs is 2. The maximum Gasteiger partial charge on any atom is 0.165 e. The third kappa shape index (κ3) is 2.51. The molecule has 0 saturated carbocycles. The van der Waals surface area contributed by atoms with E-state index in [-0.39, 0.29) is 10.9 Å². The fourth-order valence-corrected chi connectivity index (χ4v) is 3.20. The number of benzene rings is 3. The molecule has 24 heavy (non-hydrogen) atoms. The number of ether oxygens (including phenoxy) is 1. The smallest absolute Gasteiger partial charge is 0.165 e. The van der Waals surface area contributed by atoms with Crippen LogP contribution in [0.3, 0.4) is 0 Å². The molecule has 0 radical (unpaired) electrons. The molecular formula is C19H13ClNO3-. The molecule has 120 valence electrons. The van der Waals surface area contributed by atoms with Gasteiger partial charge in [-0.15, -0.1) is 0 Å². The molecular weight excluding hydrogens is 326 g/mol. The van der Waals surface area contributed by atoms with Crippen molar-refractivity contribution in [2.75, 3.05) is 0 Å². The average Bonchev–Trinajstić information content (AvgIpc) is 2.60. The second-order valence-corrected chi connectivity index (χ2v) is 6.03. The van der Waals surface area contributed by atoms with Crippen LogP contribution in [0.2, 0.25) is 5.02 Å². The summed E-state index contributed by atoms with van der Waals surface area (Å²) in [6, 6.07) is 18.8. The van der Waals surface area contributed by atoms with E-state index in [9.17, 15) is 10.4 Å². The number of hydrogen-bond acceptors (Lipinski definition) is 4. The van der Waals surface area contributed by atoms with Gasteiger partial charge in [0.1, 0.15) is 5.75 Å². The average molecular weight is 339 g/mol. The number of hydrogen-bond donors (Lipinski definition) is 1. The van der Waals surface area contributed by atoms with Gasteiger partial charge in [-0.1, -0.05) is 54.1 Å². The zero-order valence-corrected chi connectivity index (χ0v) is 13.3. The summed E-state index contributed by atoms with van der Waals surface area (Å²) in [5.74, 6) is 0.614. The molecule has 4 nitrogen and oxygen atoms in total. The Balaban J connectivity index is 1.90. The summed E-state index contributed by atoms with van der Waals surface area (Å²) in [7, 11) is 0. The van der Waals surface area contributed by atoms with Crippen LogP contribution in [-0.2, 0) is 0 Å². The standard InChI is InChI=1S/C19H13ClNO3/c20-14-8-9-18-13(10-14)11-17(21(22)23)19(24-18)16-7-3-5-12-4-1-2-6-15(12)16/h1-11,19,22H/q-1. The Bertz CT molecular complexity index is 947. The van der Waals surface area contributed by atoms with Crippen molar-refractivity contribution in [3.8, 4) is 5.75 Å². The van der Waals surface area contributed by atoms with Crippen molar-refractivity contribution in [3.63, 3.8) is 0 Å². The van der Waals surface area contributed by atoms with Crippen LogP contribution >= 0.6 is 11.6 Å². The van der Waals surface area contributed by atoms with Crippen molar-refractivity contribution in [3.05, 3.63) is 87.7 Å². The molecule has 0 saturated heterocycles. The molecule has 4 rings (SSSR count). The number of halogens is 1. The summed E-state index contributed by atoms with van der Waals surface area (Å²) in [6.07, 6.45) is 0.900. The highest BCUT2D eigenvalue weighted by Gasteiger charge is 2.27. The summed E-state index contributed by atoms with van der Waals surface area (Å²) in [5, 5.41) is 23.7. The predicted molar refractivity (Wildman–Crippen MR) is 93.7 cm³/mol. The molecule has 1 heterocycles. The van der Waals surface area contributed by atoms with Crippen molar-refractivity contribution in [2.24, 2.45) is 0 Å². The van der Waals surface area contributed by atoms with Crippen LogP contribution in [0.4, 0.5) is 0 Å². The van der Waals surface area contributed by atoms with Gasteiger partial charge in [-0.25, -0.2) is 0 Å². The third-order valence-electron chi connectivity index (χ3n) is 4.12. The summed E-state index contributed by atoms with van der Waals surface area (Å²) in [5.41, 5.74) is 1.58. The second kappa shape index (κ2) is 5.83. The van der Waals surface area contributed by atoms with E-state index >= 15 is 0 Å². The highest BCUT2D eigenvalue weighted by Crippen LogP contribution is 2.41. The lowest BCUT2D eigenvalue weighted by Gasteiger charge is -2.35. The molecule has 1 N–H and O–H groups in total. The molecule has 0 aliphatic carbocycles. The molecule has 1 unspecified atom stereocenters. The minimum Gasteiger partial charge on any atom is -0.734 e. The van der Waals surface area contributed by atoms with Gasteiger partial charge in [-0.05, 0) is 35.0 Å². The first-order valence-corrected chi connectivity index (χ1v) is 7.83. The Morgan fingerprint density at radius 1 is 1.04 bits per heavy atom. The van der Waals surface area contributed by atoms with Crippen LogP contribution in [0.1, 0.15) is 17.2 Å². The van der Waals surface area contributed by atoms with E-state index in [2.05, 4.69) is 0 Å². The minimum atomic E-state index is -0.702. The summed E-state index contributed by atoms with van der Waals surface area (Å²) < 4.78 is 6.03. The summed E-state index contributed by atoms with van der Waals surface area (Å²) in [6.45, 7) is 0. The molecule has 1 aliphatic rings. The summed E-state index contributed by atoms with van der Waals surface area (Å²) >= 11 is 6.00. The fourth-order valence-electron chi connectivity index (χ4n) is 3.02.